The van der Waals surface area contributed by atoms with Crippen molar-refractivity contribution in [3.8, 4) is 0 Å². The summed E-state index contributed by atoms with van der Waals surface area (Å²) < 4.78 is 0. The van der Waals surface area contributed by atoms with Gasteiger partial charge in [-0.3, -0.25) is 0 Å². The molecule has 1 aliphatic rings. The maximum Gasteiger partial charge on any atom is 0.258 e. The number of hydrogen-bond acceptors (Lipinski definition) is 2. The molecule has 2 aromatic carbocycles. The summed E-state index contributed by atoms with van der Waals surface area (Å²) in [5, 5.41) is 11.4. The van der Waals surface area contributed by atoms with E-state index >= 15 is 0 Å². The maximum atomic E-state index is 12.2. The largest absolute Gasteiger partial charge is 0.424 e. The Labute approximate surface area is 159 Å². The van der Waals surface area contributed by atoms with Gasteiger partial charge in [-0.2, -0.15) is 0 Å². The van der Waals surface area contributed by atoms with Crippen LogP contribution < -0.4 is 10.4 Å². The standard InChI is InChI=1S/C23H32O2Si/c1-23(2,17-19-13-15-20(18-24)16-14-19)26(25,21-9-5-3-6-10-21)22-11-7-4-8-12-22/h3-12,19-20,24-25H,13-18H2,1-2H3/t19-,20-. The summed E-state index contributed by atoms with van der Waals surface area (Å²) in [6.45, 7) is 4.84. The van der Waals surface area contributed by atoms with Crippen LogP contribution in [-0.4, -0.2) is 24.8 Å². The molecule has 0 spiro atoms. The number of aliphatic hydroxyl groups is 1. The Morgan fingerprint density at radius 2 is 1.23 bits per heavy atom. The molecule has 0 amide bonds. The van der Waals surface area contributed by atoms with Crippen LogP contribution in [0.25, 0.3) is 0 Å². The van der Waals surface area contributed by atoms with Crippen LogP contribution in [0.1, 0.15) is 46.0 Å². The first-order valence-electron chi connectivity index (χ1n) is 9.91. The Bertz CT molecular complexity index is 636. The molecule has 140 valence electrons. The van der Waals surface area contributed by atoms with Crippen LogP contribution in [-0.2, 0) is 0 Å². The van der Waals surface area contributed by atoms with Crippen molar-refractivity contribution in [2.75, 3.05) is 6.61 Å². The average molecular weight is 369 g/mol. The van der Waals surface area contributed by atoms with Crippen molar-refractivity contribution in [1.82, 2.24) is 0 Å². The molecule has 0 radical (unpaired) electrons. The van der Waals surface area contributed by atoms with E-state index in [1.165, 1.54) is 12.8 Å². The predicted molar refractivity (Wildman–Crippen MR) is 111 cm³/mol. The van der Waals surface area contributed by atoms with Crippen LogP contribution >= 0.6 is 0 Å². The molecule has 0 saturated heterocycles. The fraction of sp³-hybridized carbons (Fsp3) is 0.478. The van der Waals surface area contributed by atoms with Crippen LogP contribution in [0, 0.1) is 11.8 Å². The third-order valence-electron chi connectivity index (χ3n) is 6.39. The van der Waals surface area contributed by atoms with Crippen molar-refractivity contribution in [1.29, 1.82) is 0 Å². The van der Waals surface area contributed by atoms with E-state index in [0.29, 0.717) is 18.4 Å². The quantitative estimate of drug-likeness (QED) is 0.763. The molecule has 0 atom stereocenters. The van der Waals surface area contributed by atoms with E-state index in [-0.39, 0.29) is 5.04 Å². The highest BCUT2D eigenvalue weighted by atomic mass is 28.4. The Hall–Kier alpha value is -1.42. The Morgan fingerprint density at radius 3 is 1.65 bits per heavy atom. The third kappa shape index (κ3) is 3.80. The maximum absolute atomic E-state index is 12.2. The first kappa shape index (κ1) is 19.3. The van der Waals surface area contributed by atoms with Crippen molar-refractivity contribution < 1.29 is 9.90 Å². The molecule has 0 heterocycles. The van der Waals surface area contributed by atoms with Crippen molar-refractivity contribution in [2.45, 2.75) is 51.0 Å². The summed E-state index contributed by atoms with van der Waals surface area (Å²) in [6.07, 6.45) is 5.62. The van der Waals surface area contributed by atoms with E-state index in [1.54, 1.807) is 0 Å². The van der Waals surface area contributed by atoms with Gasteiger partial charge in [-0.05, 0) is 46.5 Å². The monoisotopic (exact) mass is 368 g/mol. The Kier molecular flexibility index (Phi) is 6.01. The summed E-state index contributed by atoms with van der Waals surface area (Å²) in [7, 11) is -2.89. The molecule has 0 aliphatic heterocycles. The van der Waals surface area contributed by atoms with Gasteiger partial charge in [0.25, 0.3) is 8.32 Å². The lowest BCUT2D eigenvalue weighted by Crippen LogP contribution is -2.65. The molecule has 26 heavy (non-hydrogen) atoms. The minimum Gasteiger partial charge on any atom is -0.424 e. The van der Waals surface area contributed by atoms with E-state index in [9.17, 15) is 9.90 Å². The van der Waals surface area contributed by atoms with Gasteiger partial charge in [0.05, 0.1) is 0 Å². The van der Waals surface area contributed by atoms with Gasteiger partial charge < -0.3 is 9.90 Å². The van der Waals surface area contributed by atoms with Crippen LogP contribution in [0.2, 0.25) is 5.04 Å². The summed E-state index contributed by atoms with van der Waals surface area (Å²) >= 11 is 0. The van der Waals surface area contributed by atoms with Gasteiger partial charge >= 0.3 is 0 Å². The smallest absolute Gasteiger partial charge is 0.258 e. The highest BCUT2D eigenvalue weighted by Gasteiger charge is 2.50. The highest BCUT2D eigenvalue weighted by molar-refractivity contribution is 6.98. The zero-order chi connectivity index (χ0) is 18.6. The lowest BCUT2D eigenvalue weighted by atomic mass is 9.78. The number of benzene rings is 2. The summed E-state index contributed by atoms with van der Waals surface area (Å²) in [6, 6.07) is 20.6. The van der Waals surface area contributed by atoms with Crippen molar-refractivity contribution >= 4 is 18.7 Å². The van der Waals surface area contributed by atoms with Crippen LogP contribution in [0.3, 0.4) is 0 Å². The molecule has 1 saturated carbocycles. The molecule has 0 bridgehead atoms. The second kappa shape index (κ2) is 8.08. The molecule has 0 unspecified atom stereocenters. The summed E-state index contributed by atoms with van der Waals surface area (Å²) in [4.78, 5) is 12.2. The van der Waals surface area contributed by atoms with Crippen LogP contribution in [0.15, 0.2) is 60.7 Å². The predicted octanol–water partition coefficient (Wildman–Crippen LogP) is 3.71. The minimum atomic E-state index is -2.89. The Morgan fingerprint density at radius 1 is 0.808 bits per heavy atom. The lowest BCUT2D eigenvalue weighted by Gasteiger charge is -2.44. The third-order valence-corrected chi connectivity index (χ3v) is 10.9. The lowest BCUT2D eigenvalue weighted by molar-refractivity contribution is 0.159. The van der Waals surface area contributed by atoms with Gasteiger partial charge in [-0.15, -0.1) is 0 Å². The van der Waals surface area contributed by atoms with Crippen molar-refractivity contribution in [2.24, 2.45) is 11.8 Å². The van der Waals surface area contributed by atoms with Crippen molar-refractivity contribution in [3.63, 3.8) is 0 Å². The molecular weight excluding hydrogens is 336 g/mol. The van der Waals surface area contributed by atoms with E-state index in [4.69, 9.17) is 0 Å². The molecular formula is C23H32O2Si. The van der Waals surface area contributed by atoms with Crippen LogP contribution in [0.4, 0.5) is 0 Å². The summed E-state index contributed by atoms with van der Waals surface area (Å²) in [5.74, 6) is 1.12. The first-order chi connectivity index (χ1) is 12.5. The zero-order valence-corrected chi connectivity index (χ0v) is 17.1. The second-order valence-corrected chi connectivity index (χ2v) is 12.5. The first-order valence-corrected chi connectivity index (χ1v) is 11.9. The number of hydrogen-bond donors (Lipinski definition) is 2. The minimum absolute atomic E-state index is 0.160. The molecule has 3 heteroatoms. The Balaban J connectivity index is 1.91. The summed E-state index contributed by atoms with van der Waals surface area (Å²) in [5.41, 5.74) is 0. The number of rotatable bonds is 6. The zero-order valence-electron chi connectivity index (χ0n) is 16.1. The van der Waals surface area contributed by atoms with E-state index in [2.05, 4.69) is 38.1 Å². The second-order valence-electron chi connectivity index (χ2n) is 8.60. The molecule has 1 fully saturated rings. The van der Waals surface area contributed by atoms with Gasteiger partial charge in [0, 0.05) is 6.61 Å². The van der Waals surface area contributed by atoms with Gasteiger partial charge in [-0.1, -0.05) is 87.4 Å². The van der Waals surface area contributed by atoms with Crippen LogP contribution in [0.5, 0.6) is 0 Å². The van der Waals surface area contributed by atoms with Gasteiger partial charge in [-0.25, -0.2) is 0 Å². The van der Waals surface area contributed by atoms with E-state index < -0.39 is 8.32 Å². The average Bonchev–Trinajstić information content (AvgIpc) is 2.69. The highest BCUT2D eigenvalue weighted by Crippen LogP contribution is 2.45. The molecule has 2 nitrogen and oxygen atoms in total. The molecule has 3 rings (SSSR count). The fourth-order valence-electron chi connectivity index (χ4n) is 4.79. The van der Waals surface area contributed by atoms with Gasteiger partial charge in [0.2, 0.25) is 0 Å². The van der Waals surface area contributed by atoms with E-state index in [1.807, 2.05) is 36.4 Å². The normalized spacial score (nSPS) is 21.5. The SMILES string of the molecule is CC(C)(C[C@H]1CC[C@H](CO)CC1)[Si](O)(c1ccccc1)c1ccccc1. The molecule has 1 aliphatic carbocycles. The fourth-order valence-corrected chi connectivity index (χ4v) is 8.62. The van der Waals surface area contributed by atoms with Gasteiger partial charge in [0.1, 0.15) is 0 Å². The molecule has 0 aromatic heterocycles. The van der Waals surface area contributed by atoms with E-state index in [0.717, 1.165) is 29.6 Å². The molecule has 2 N–H and O–H groups in total. The molecule has 2 aromatic rings. The number of aliphatic hydroxyl groups excluding tert-OH is 1. The van der Waals surface area contributed by atoms with Crippen molar-refractivity contribution in [3.05, 3.63) is 60.7 Å². The topological polar surface area (TPSA) is 40.5 Å². The van der Waals surface area contributed by atoms with Gasteiger partial charge in [0.15, 0.2) is 0 Å².